The van der Waals surface area contributed by atoms with Crippen LogP contribution >= 0.6 is 27.7 Å². The van der Waals surface area contributed by atoms with Crippen molar-refractivity contribution in [3.05, 3.63) is 50.9 Å². The minimum atomic E-state index is -0.201. The first-order valence-electron chi connectivity index (χ1n) is 6.74. The maximum Gasteiger partial charge on any atom is 0.251 e. The normalized spacial score (nSPS) is 10.7. The number of nitrogens with zero attached hydrogens (tertiary/aromatic N) is 1. The molecule has 7 heteroatoms. The number of carbonyl (C=O) groups is 1. The number of carbonyl (C=O) groups excluding carboxylic acids is 1. The Bertz CT molecular complexity index is 731. The van der Waals surface area contributed by atoms with Gasteiger partial charge in [-0.15, -0.1) is 0 Å². The zero-order valence-electron chi connectivity index (χ0n) is 12.2. The van der Waals surface area contributed by atoms with Gasteiger partial charge in [0.25, 0.3) is 5.56 Å². The number of para-hydroxylation sites is 1. The molecular weight excluding hydrogens is 366 g/mol. The number of thioether (sulfide) groups is 1. The van der Waals surface area contributed by atoms with Crippen LogP contribution in [0.3, 0.4) is 0 Å². The largest absolute Gasteiger partial charge is 0.324 e. The van der Waals surface area contributed by atoms with Gasteiger partial charge in [-0.05, 0) is 34.0 Å². The van der Waals surface area contributed by atoms with Crippen LogP contribution in [0.1, 0.15) is 25.5 Å². The minimum Gasteiger partial charge on any atom is -0.324 e. The molecule has 2 rings (SSSR count). The molecule has 0 unspecified atom stereocenters. The zero-order valence-corrected chi connectivity index (χ0v) is 14.6. The third-order valence-electron chi connectivity index (χ3n) is 2.82. The van der Waals surface area contributed by atoms with Crippen molar-refractivity contribution in [2.45, 2.75) is 24.9 Å². The van der Waals surface area contributed by atoms with Crippen molar-refractivity contribution < 1.29 is 4.79 Å². The van der Waals surface area contributed by atoms with Crippen LogP contribution in [0.4, 0.5) is 5.69 Å². The first-order valence-corrected chi connectivity index (χ1v) is 8.52. The lowest BCUT2D eigenvalue weighted by molar-refractivity contribution is -0.113. The fourth-order valence-corrected chi connectivity index (χ4v) is 2.77. The first-order chi connectivity index (χ1) is 10.5. The molecule has 0 spiro atoms. The van der Waals surface area contributed by atoms with E-state index in [1.54, 1.807) is 0 Å². The molecule has 1 aromatic carbocycles. The Morgan fingerprint density at radius 1 is 1.41 bits per heavy atom. The Hall–Kier alpha value is -1.60. The highest BCUT2D eigenvalue weighted by atomic mass is 79.9. The van der Waals surface area contributed by atoms with E-state index >= 15 is 0 Å². The number of nitrogens with one attached hydrogen (secondary N) is 2. The highest BCUT2D eigenvalue weighted by Gasteiger charge is 2.09. The number of halogens is 1. The number of benzene rings is 1. The van der Waals surface area contributed by atoms with E-state index in [4.69, 9.17) is 0 Å². The average Bonchev–Trinajstić information content (AvgIpc) is 2.47. The molecule has 0 bridgehead atoms. The van der Waals surface area contributed by atoms with Gasteiger partial charge in [-0.1, -0.05) is 37.7 Å². The summed E-state index contributed by atoms with van der Waals surface area (Å²) in [6.07, 6.45) is 0. The second-order valence-electron chi connectivity index (χ2n) is 4.95. The molecule has 1 aromatic heterocycles. The molecule has 22 heavy (non-hydrogen) atoms. The summed E-state index contributed by atoms with van der Waals surface area (Å²) in [6.45, 7) is 3.94. The molecule has 0 fully saturated rings. The van der Waals surface area contributed by atoms with Gasteiger partial charge in [0.2, 0.25) is 5.91 Å². The first kappa shape index (κ1) is 16.8. The Morgan fingerprint density at radius 3 is 2.82 bits per heavy atom. The van der Waals surface area contributed by atoms with E-state index < -0.39 is 0 Å². The van der Waals surface area contributed by atoms with Crippen molar-refractivity contribution in [1.82, 2.24) is 9.97 Å². The molecule has 0 aliphatic rings. The van der Waals surface area contributed by atoms with E-state index in [1.807, 2.05) is 38.1 Å². The van der Waals surface area contributed by atoms with Crippen LogP contribution in [-0.4, -0.2) is 21.6 Å². The molecule has 0 radical (unpaired) electrons. The standard InChI is InChI=1S/C15H16BrN3O2S/c1-9(2)12-7-13(20)19-15(18-12)22-8-14(21)17-11-6-4-3-5-10(11)16/h3-7,9H,8H2,1-2H3,(H,17,21)(H,18,19,20). The molecule has 1 heterocycles. The van der Waals surface area contributed by atoms with Gasteiger partial charge in [0.1, 0.15) is 0 Å². The van der Waals surface area contributed by atoms with Crippen LogP contribution in [0, 0.1) is 0 Å². The SMILES string of the molecule is CC(C)c1cc(=O)[nH]c(SCC(=O)Nc2ccccc2Br)n1. The predicted octanol–water partition coefficient (Wildman–Crippen LogP) is 3.39. The second-order valence-corrected chi connectivity index (χ2v) is 6.77. The van der Waals surface area contributed by atoms with Crippen molar-refractivity contribution >= 4 is 39.3 Å². The van der Waals surface area contributed by atoms with E-state index in [0.29, 0.717) is 10.8 Å². The maximum atomic E-state index is 12.0. The molecule has 0 saturated heterocycles. The maximum absolute atomic E-state index is 12.0. The van der Waals surface area contributed by atoms with Crippen molar-refractivity contribution in [2.75, 3.05) is 11.1 Å². The van der Waals surface area contributed by atoms with Gasteiger partial charge in [-0.2, -0.15) is 0 Å². The van der Waals surface area contributed by atoms with Gasteiger partial charge in [0, 0.05) is 10.5 Å². The zero-order chi connectivity index (χ0) is 16.1. The van der Waals surface area contributed by atoms with Gasteiger partial charge in [0.05, 0.1) is 17.1 Å². The number of rotatable bonds is 5. The number of anilines is 1. The van der Waals surface area contributed by atoms with Crippen molar-refractivity contribution in [1.29, 1.82) is 0 Å². The van der Waals surface area contributed by atoms with Crippen molar-refractivity contribution in [3.8, 4) is 0 Å². The number of aromatic nitrogens is 2. The van der Waals surface area contributed by atoms with Crippen LogP contribution < -0.4 is 10.9 Å². The summed E-state index contributed by atoms with van der Waals surface area (Å²) in [5.74, 6) is 0.177. The summed E-state index contributed by atoms with van der Waals surface area (Å²) in [5.41, 5.74) is 1.23. The van der Waals surface area contributed by atoms with Crippen LogP contribution in [0.5, 0.6) is 0 Å². The third-order valence-corrected chi connectivity index (χ3v) is 4.38. The number of amides is 1. The molecule has 5 nitrogen and oxygen atoms in total. The van der Waals surface area contributed by atoms with Gasteiger partial charge in [-0.3, -0.25) is 9.59 Å². The summed E-state index contributed by atoms with van der Waals surface area (Å²) < 4.78 is 0.821. The summed E-state index contributed by atoms with van der Waals surface area (Å²) >= 11 is 4.58. The summed E-state index contributed by atoms with van der Waals surface area (Å²) in [4.78, 5) is 30.5. The third kappa shape index (κ3) is 4.71. The van der Waals surface area contributed by atoms with E-state index in [2.05, 4.69) is 31.2 Å². The van der Waals surface area contributed by atoms with Crippen LogP contribution in [0.25, 0.3) is 0 Å². The average molecular weight is 382 g/mol. The minimum absolute atomic E-state index is 0.158. The van der Waals surface area contributed by atoms with Crippen molar-refractivity contribution in [2.24, 2.45) is 0 Å². The number of H-pyrrole nitrogens is 1. The molecule has 2 aromatic rings. The van der Waals surface area contributed by atoms with E-state index in [9.17, 15) is 9.59 Å². The predicted molar refractivity (Wildman–Crippen MR) is 92.4 cm³/mol. The van der Waals surface area contributed by atoms with Crippen molar-refractivity contribution in [3.63, 3.8) is 0 Å². The quantitative estimate of drug-likeness (QED) is 0.614. The molecular formula is C15H16BrN3O2S. The number of aromatic amines is 1. The lowest BCUT2D eigenvalue weighted by Gasteiger charge is -2.08. The molecule has 0 atom stereocenters. The molecule has 1 amide bonds. The topological polar surface area (TPSA) is 74.8 Å². The molecule has 0 aliphatic heterocycles. The Labute approximate surface area is 141 Å². The highest BCUT2D eigenvalue weighted by molar-refractivity contribution is 9.10. The number of hydrogen-bond donors (Lipinski definition) is 2. The Morgan fingerprint density at radius 2 is 2.14 bits per heavy atom. The van der Waals surface area contributed by atoms with Gasteiger partial charge in [-0.25, -0.2) is 4.98 Å². The van der Waals surface area contributed by atoms with E-state index in [1.165, 1.54) is 17.8 Å². The fraction of sp³-hybridized carbons (Fsp3) is 0.267. The lowest BCUT2D eigenvalue weighted by Crippen LogP contribution is -2.16. The van der Waals surface area contributed by atoms with Gasteiger partial charge in [0.15, 0.2) is 5.16 Å². The summed E-state index contributed by atoms with van der Waals surface area (Å²) in [7, 11) is 0. The monoisotopic (exact) mass is 381 g/mol. The number of hydrogen-bond acceptors (Lipinski definition) is 4. The highest BCUT2D eigenvalue weighted by Crippen LogP contribution is 2.22. The van der Waals surface area contributed by atoms with E-state index in [0.717, 1.165) is 10.2 Å². The molecule has 0 aliphatic carbocycles. The molecule has 2 N–H and O–H groups in total. The molecule has 116 valence electrons. The summed E-state index contributed by atoms with van der Waals surface area (Å²) in [5, 5.41) is 3.26. The van der Waals surface area contributed by atoms with Crippen LogP contribution in [-0.2, 0) is 4.79 Å². The van der Waals surface area contributed by atoms with Gasteiger partial charge < -0.3 is 10.3 Å². The van der Waals surface area contributed by atoms with E-state index in [-0.39, 0.29) is 23.1 Å². The second kappa shape index (κ2) is 7.60. The molecule has 0 saturated carbocycles. The van der Waals surface area contributed by atoms with Crippen LogP contribution in [0.2, 0.25) is 0 Å². The smallest absolute Gasteiger partial charge is 0.251 e. The lowest BCUT2D eigenvalue weighted by atomic mass is 10.1. The Kier molecular flexibility index (Phi) is 5.79. The van der Waals surface area contributed by atoms with Gasteiger partial charge >= 0.3 is 0 Å². The Balaban J connectivity index is 2.00. The fourth-order valence-electron chi connectivity index (χ4n) is 1.70. The van der Waals surface area contributed by atoms with Crippen LogP contribution in [0.15, 0.2) is 44.8 Å². The summed E-state index contributed by atoms with van der Waals surface area (Å²) in [6, 6.07) is 8.87.